The van der Waals surface area contributed by atoms with Crippen LogP contribution >= 0.6 is 11.3 Å². The topological polar surface area (TPSA) is 91.6 Å². The number of rotatable bonds is 6. The number of carbonyl (C=O) groups is 2. The second-order valence-corrected chi connectivity index (χ2v) is 10.2. The molecule has 2 aliphatic rings. The lowest BCUT2D eigenvalue weighted by Crippen LogP contribution is -2.45. The number of aromatic nitrogens is 2. The molecule has 2 aromatic heterocycles. The van der Waals surface area contributed by atoms with E-state index in [1.807, 2.05) is 4.90 Å². The molecule has 1 N–H and O–H groups in total. The zero-order valence-corrected chi connectivity index (χ0v) is 20.1. The molecule has 1 aromatic carbocycles. The molecule has 0 atom stereocenters. The molecule has 3 aromatic rings. The fraction of sp³-hybridized carbons (Fsp3) is 0.440. The predicted molar refractivity (Wildman–Crippen MR) is 130 cm³/mol. The number of carbonyl (C=O) groups excluding carboxylic acids is 2. The maximum atomic E-state index is 13.0. The molecule has 0 aliphatic carbocycles. The van der Waals surface area contributed by atoms with Crippen molar-refractivity contribution in [1.82, 2.24) is 19.9 Å². The zero-order valence-electron chi connectivity index (χ0n) is 19.3. The molecule has 1 saturated heterocycles. The summed E-state index contributed by atoms with van der Waals surface area (Å²) in [6, 6.07) is 12.2. The van der Waals surface area contributed by atoms with Crippen LogP contribution in [0, 0.1) is 12.8 Å². The van der Waals surface area contributed by atoms with Gasteiger partial charge in [-0.1, -0.05) is 35.5 Å². The molecule has 2 amide bonds. The highest BCUT2D eigenvalue weighted by Crippen LogP contribution is 2.29. The summed E-state index contributed by atoms with van der Waals surface area (Å²) in [7, 11) is 0. The van der Waals surface area contributed by atoms with Gasteiger partial charge in [-0.25, -0.2) is 4.98 Å². The molecule has 0 unspecified atom stereocenters. The Morgan fingerprint density at radius 3 is 2.71 bits per heavy atom. The number of anilines is 1. The van der Waals surface area contributed by atoms with E-state index >= 15 is 0 Å². The summed E-state index contributed by atoms with van der Waals surface area (Å²) >= 11 is 1.46. The van der Waals surface area contributed by atoms with Gasteiger partial charge in [0.15, 0.2) is 10.8 Å². The van der Waals surface area contributed by atoms with E-state index in [-0.39, 0.29) is 17.5 Å². The highest BCUT2D eigenvalue weighted by atomic mass is 32.1. The van der Waals surface area contributed by atoms with Crippen LogP contribution in [0.3, 0.4) is 0 Å². The minimum absolute atomic E-state index is 0.209. The fourth-order valence-corrected chi connectivity index (χ4v) is 5.74. The van der Waals surface area contributed by atoms with Crippen LogP contribution < -0.4 is 5.32 Å². The van der Waals surface area contributed by atoms with Crippen molar-refractivity contribution in [3.05, 3.63) is 64.0 Å². The van der Waals surface area contributed by atoms with E-state index in [9.17, 15) is 9.59 Å². The molecule has 178 valence electrons. The number of nitrogens with zero attached hydrogens (tertiary/aromatic N) is 4. The Kier molecular flexibility index (Phi) is 6.73. The van der Waals surface area contributed by atoms with E-state index in [1.54, 1.807) is 13.0 Å². The van der Waals surface area contributed by atoms with Gasteiger partial charge in [0.2, 0.25) is 5.91 Å². The first-order valence-electron chi connectivity index (χ1n) is 11.8. The largest absolute Gasteiger partial charge is 0.361 e. The van der Waals surface area contributed by atoms with Gasteiger partial charge in [0.05, 0.1) is 12.2 Å². The number of benzene rings is 1. The second-order valence-electron chi connectivity index (χ2n) is 9.14. The molecule has 2 aliphatic heterocycles. The Bertz CT molecular complexity index is 1150. The Hall–Kier alpha value is -3.04. The van der Waals surface area contributed by atoms with Crippen LogP contribution in [0.1, 0.15) is 45.2 Å². The maximum Gasteiger partial charge on any atom is 0.279 e. The Morgan fingerprint density at radius 2 is 1.97 bits per heavy atom. The van der Waals surface area contributed by atoms with E-state index in [0.29, 0.717) is 29.9 Å². The van der Waals surface area contributed by atoms with Gasteiger partial charge in [-0.05, 0) is 37.7 Å². The SMILES string of the molecule is Cc1cc(C(=O)Nc2nc3c(s2)CN(CC(=O)N2CCC(Cc4ccccc4)CC2)CC3)no1. The predicted octanol–water partition coefficient (Wildman–Crippen LogP) is 3.53. The van der Waals surface area contributed by atoms with Crippen LogP contribution in [-0.4, -0.2) is 57.9 Å². The van der Waals surface area contributed by atoms with Crippen molar-refractivity contribution >= 4 is 28.3 Å². The number of likely N-dealkylation sites (tertiary alicyclic amines) is 1. The van der Waals surface area contributed by atoms with Crippen molar-refractivity contribution < 1.29 is 14.1 Å². The molecule has 0 radical (unpaired) electrons. The smallest absolute Gasteiger partial charge is 0.279 e. The zero-order chi connectivity index (χ0) is 23.5. The van der Waals surface area contributed by atoms with E-state index in [4.69, 9.17) is 4.52 Å². The minimum atomic E-state index is -0.328. The van der Waals surface area contributed by atoms with Gasteiger partial charge >= 0.3 is 0 Å². The molecule has 8 nitrogen and oxygen atoms in total. The van der Waals surface area contributed by atoms with E-state index in [0.717, 1.165) is 55.9 Å². The van der Waals surface area contributed by atoms with Gasteiger partial charge in [-0.2, -0.15) is 0 Å². The average molecular weight is 480 g/mol. The van der Waals surface area contributed by atoms with Crippen LogP contribution in [0.5, 0.6) is 0 Å². The number of aryl methyl sites for hydroxylation is 1. The normalized spacial score (nSPS) is 16.9. The van der Waals surface area contributed by atoms with Gasteiger partial charge in [0.25, 0.3) is 5.91 Å². The molecule has 1 fully saturated rings. The number of nitrogens with one attached hydrogen (secondary N) is 1. The summed E-state index contributed by atoms with van der Waals surface area (Å²) in [6.45, 7) is 5.33. The first kappa shape index (κ1) is 22.7. The number of piperidine rings is 1. The molecule has 9 heteroatoms. The lowest BCUT2D eigenvalue weighted by atomic mass is 9.90. The standard InChI is InChI=1S/C25H29N5O3S/c1-17-13-21(28-33-17)24(32)27-25-26-20-9-10-29(15-22(20)34-25)16-23(31)30-11-7-19(8-12-30)14-18-5-3-2-4-6-18/h2-6,13,19H,7-12,14-16H2,1H3,(H,26,27,32). The van der Waals surface area contributed by atoms with Gasteiger partial charge in [-0.15, -0.1) is 11.3 Å². The summed E-state index contributed by atoms with van der Waals surface area (Å²) in [4.78, 5) is 35.2. The quantitative estimate of drug-likeness (QED) is 0.582. The number of thiazole rings is 1. The Balaban J connectivity index is 1.10. The first-order chi connectivity index (χ1) is 16.5. The van der Waals surface area contributed by atoms with E-state index in [1.165, 1.54) is 16.9 Å². The molecule has 34 heavy (non-hydrogen) atoms. The highest BCUT2D eigenvalue weighted by Gasteiger charge is 2.27. The molecule has 0 saturated carbocycles. The molecule has 0 spiro atoms. The third kappa shape index (κ3) is 5.37. The fourth-order valence-electron chi connectivity index (χ4n) is 4.70. The van der Waals surface area contributed by atoms with Crippen LogP contribution in [0.4, 0.5) is 5.13 Å². The van der Waals surface area contributed by atoms with Gasteiger partial charge < -0.3 is 9.42 Å². The lowest BCUT2D eigenvalue weighted by molar-refractivity contribution is -0.134. The van der Waals surface area contributed by atoms with Crippen molar-refractivity contribution in [2.24, 2.45) is 5.92 Å². The van der Waals surface area contributed by atoms with E-state index in [2.05, 4.69) is 50.7 Å². The van der Waals surface area contributed by atoms with Crippen LogP contribution in [0.25, 0.3) is 0 Å². The molecule has 4 heterocycles. The number of hydrogen-bond acceptors (Lipinski definition) is 7. The summed E-state index contributed by atoms with van der Waals surface area (Å²) in [5.74, 6) is 1.12. The third-order valence-electron chi connectivity index (χ3n) is 6.58. The number of fused-ring (bicyclic) bond motifs is 1. The first-order valence-corrected chi connectivity index (χ1v) is 12.6. The van der Waals surface area contributed by atoms with Gasteiger partial charge in [0, 0.05) is 43.5 Å². The third-order valence-corrected chi connectivity index (χ3v) is 7.58. The molecule has 5 rings (SSSR count). The van der Waals surface area contributed by atoms with Gasteiger partial charge in [0.1, 0.15) is 5.76 Å². The maximum absolute atomic E-state index is 13.0. The molecule has 0 bridgehead atoms. The number of amides is 2. The van der Waals surface area contributed by atoms with Crippen LogP contribution in [0.2, 0.25) is 0 Å². The average Bonchev–Trinajstić information content (AvgIpc) is 3.45. The summed E-state index contributed by atoms with van der Waals surface area (Å²) < 4.78 is 4.97. The van der Waals surface area contributed by atoms with Crippen molar-refractivity contribution in [1.29, 1.82) is 0 Å². The molecular formula is C25H29N5O3S. The summed E-state index contributed by atoms with van der Waals surface area (Å²) in [5, 5.41) is 7.12. The van der Waals surface area contributed by atoms with Crippen LogP contribution in [-0.2, 0) is 24.2 Å². The summed E-state index contributed by atoms with van der Waals surface area (Å²) in [6.07, 6.45) is 4.00. The van der Waals surface area contributed by atoms with Crippen LogP contribution in [0.15, 0.2) is 40.9 Å². The minimum Gasteiger partial charge on any atom is -0.361 e. The second kappa shape index (κ2) is 10.1. The molecular weight excluding hydrogens is 450 g/mol. The van der Waals surface area contributed by atoms with Crippen molar-refractivity contribution in [3.8, 4) is 0 Å². The Morgan fingerprint density at radius 1 is 1.18 bits per heavy atom. The monoisotopic (exact) mass is 479 g/mol. The Labute approximate surface area is 202 Å². The van der Waals surface area contributed by atoms with Crippen molar-refractivity contribution in [2.45, 2.75) is 39.2 Å². The number of hydrogen-bond donors (Lipinski definition) is 1. The lowest BCUT2D eigenvalue weighted by Gasteiger charge is -2.34. The summed E-state index contributed by atoms with van der Waals surface area (Å²) in [5.41, 5.74) is 2.63. The van der Waals surface area contributed by atoms with Crippen molar-refractivity contribution in [2.75, 3.05) is 31.5 Å². The highest BCUT2D eigenvalue weighted by molar-refractivity contribution is 7.15. The van der Waals surface area contributed by atoms with Gasteiger partial charge in [-0.3, -0.25) is 19.8 Å². The van der Waals surface area contributed by atoms with Crippen molar-refractivity contribution in [3.63, 3.8) is 0 Å². The van der Waals surface area contributed by atoms with E-state index < -0.39 is 0 Å².